The van der Waals surface area contributed by atoms with Crippen molar-refractivity contribution in [3.63, 3.8) is 0 Å². The summed E-state index contributed by atoms with van der Waals surface area (Å²) in [7, 11) is 0. The van der Waals surface area contributed by atoms with E-state index in [1.165, 1.54) is 17.7 Å². The average Bonchev–Trinajstić information content (AvgIpc) is 3.22. The molecule has 1 unspecified atom stereocenters. The third-order valence-corrected chi connectivity index (χ3v) is 5.88. The highest BCUT2D eigenvalue weighted by atomic mass is 35.5. The number of likely N-dealkylation sites (tertiary alicyclic amines) is 1. The first-order chi connectivity index (χ1) is 14.6. The van der Waals surface area contributed by atoms with E-state index in [2.05, 4.69) is 28.4 Å². The Kier molecular flexibility index (Phi) is 6.46. The van der Waals surface area contributed by atoms with E-state index >= 15 is 0 Å². The molecule has 1 heterocycles. The number of hydrogen-bond donors (Lipinski definition) is 1. The van der Waals surface area contributed by atoms with E-state index in [-0.39, 0.29) is 11.7 Å². The van der Waals surface area contributed by atoms with Gasteiger partial charge in [0.1, 0.15) is 5.82 Å². The van der Waals surface area contributed by atoms with Crippen LogP contribution in [0.3, 0.4) is 0 Å². The minimum absolute atomic E-state index is 0.106. The van der Waals surface area contributed by atoms with Crippen LogP contribution in [0.15, 0.2) is 72.8 Å². The van der Waals surface area contributed by atoms with Gasteiger partial charge in [-0.15, -0.1) is 0 Å². The second kappa shape index (κ2) is 9.41. The van der Waals surface area contributed by atoms with Gasteiger partial charge in [0.15, 0.2) is 0 Å². The van der Waals surface area contributed by atoms with Gasteiger partial charge in [0.05, 0.1) is 0 Å². The van der Waals surface area contributed by atoms with Crippen molar-refractivity contribution >= 4 is 17.5 Å². The van der Waals surface area contributed by atoms with Crippen molar-refractivity contribution < 1.29 is 9.18 Å². The Bertz CT molecular complexity index is 1000. The fraction of sp³-hybridized carbons (Fsp3) is 0.240. The van der Waals surface area contributed by atoms with Gasteiger partial charge < -0.3 is 5.32 Å². The summed E-state index contributed by atoms with van der Waals surface area (Å²) in [5, 5.41) is 3.64. The van der Waals surface area contributed by atoms with Crippen molar-refractivity contribution in [1.29, 1.82) is 0 Å². The van der Waals surface area contributed by atoms with Crippen LogP contribution >= 0.6 is 11.6 Å². The van der Waals surface area contributed by atoms with Crippen molar-refractivity contribution in [3.05, 3.63) is 106 Å². The molecular weight excluding hydrogens is 399 g/mol. The Morgan fingerprint density at radius 3 is 2.53 bits per heavy atom. The molecule has 0 spiro atoms. The number of hydrogen-bond acceptors (Lipinski definition) is 2. The summed E-state index contributed by atoms with van der Waals surface area (Å²) in [5.41, 5.74) is 4.16. The molecule has 3 aromatic carbocycles. The van der Waals surface area contributed by atoms with Gasteiger partial charge in [0, 0.05) is 30.2 Å². The zero-order valence-electron chi connectivity index (χ0n) is 16.7. The summed E-state index contributed by atoms with van der Waals surface area (Å²) in [6.45, 7) is 3.28. The zero-order valence-corrected chi connectivity index (χ0v) is 17.4. The molecule has 1 aliphatic heterocycles. The van der Waals surface area contributed by atoms with Crippen molar-refractivity contribution in [2.24, 2.45) is 0 Å². The molecule has 5 heteroatoms. The lowest BCUT2D eigenvalue weighted by atomic mass is 9.93. The Labute approximate surface area is 181 Å². The lowest BCUT2D eigenvalue weighted by molar-refractivity contribution is 0.0951. The monoisotopic (exact) mass is 422 g/mol. The molecule has 0 aromatic heterocycles. The van der Waals surface area contributed by atoms with Gasteiger partial charge in [0.2, 0.25) is 0 Å². The summed E-state index contributed by atoms with van der Waals surface area (Å²) in [5.74, 6) is 0.118. The highest BCUT2D eigenvalue weighted by molar-refractivity contribution is 6.30. The molecule has 3 nitrogen and oxygen atoms in total. The van der Waals surface area contributed by atoms with Crippen molar-refractivity contribution in [2.45, 2.75) is 25.4 Å². The van der Waals surface area contributed by atoms with Gasteiger partial charge in [-0.3, -0.25) is 9.69 Å². The smallest absolute Gasteiger partial charge is 0.251 e. The molecule has 154 valence electrons. The number of carbonyl (C=O) groups excluding carboxylic acids is 1. The van der Waals surface area contributed by atoms with Crippen LogP contribution in [0.2, 0.25) is 5.02 Å². The van der Waals surface area contributed by atoms with Crippen LogP contribution in [-0.4, -0.2) is 23.9 Å². The first-order valence-corrected chi connectivity index (χ1v) is 10.5. The number of nitrogens with zero attached hydrogens (tertiary/aromatic N) is 1. The molecule has 0 radical (unpaired) electrons. The number of amides is 1. The van der Waals surface area contributed by atoms with Crippen LogP contribution in [0.25, 0.3) is 0 Å². The predicted molar refractivity (Wildman–Crippen MR) is 118 cm³/mol. The van der Waals surface area contributed by atoms with Crippen molar-refractivity contribution in [3.8, 4) is 0 Å². The Morgan fingerprint density at radius 2 is 1.77 bits per heavy atom. The Hall–Kier alpha value is -2.69. The molecule has 0 saturated carbocycles. The summed E-state index contributed by atoms with van der Waals surface area (Å²) >= 11 is 5.90. The molecule has 4 rings (SSSR count). The summed E-state index contributed by atoms with van der Waals surface area (Å²) in [6.07, 6.45) is 1.07. The molecule has 1 N–H and O–H groups in total. The van der Waals surface area contributed by atoms with E-state index in [0.717, 1.165) is 37.2 Å². The quantitative estimate of drug-likeness (QED) is 0.577. The van der Waals surface area contributed by atoms with Gasteiger partial charge >= 0.3 is 0 Å². The van der Waals surface area contributed by atoms with E-state index in [1.807, 2.05) is 18.2 Å². The minimum Gasteiger partial charge on any atom is -0.348 e. The molecule has 30 heavy (non-hydrogen) atoms. The number of benzene rings is 3. The largest absolute Gasteiger partial charge is 0.348 e. The maximum atomic E-state index is 13.1. The van der Waals surface area contributed by atoms with Gasteiger partial charge in [-0.2, -0.15) is 0 Å². The fourth-order valence-electron chi connectivity index (χ4n) is 4.05. The molecule has 3 aromatic rings. The van der Waals surface area contributed by atoms with Crippen molar-refractivity contribution in [2.75, 3.05) is 13.1 Å². The molecule has 0 bridgehead atoms. The first-order valence-electron chi connectivity index (χ1n) is 10.2. The van der Waals surface area contributed by atoms with Crippen LogP contribution in [0, 0.1) is 5.82 Å². The second-order valence-electron chi connectivity index (χ2n) is 7.74. The van der Waals surface area contributed by atoms with Gasteiger partial charge in [-0.25, -0.2) is 4.39 Å². The van der Waals surface area contributed by atoms with E-state index in [9.17, 15) is 9.18 Å². The van der Waals surface area contributed by atoms with Gasteiger partial charge in [-0.05, 0) is 72.0 Å². The van der Waals surface area contributed by atoms with Crippen molar-refractivity contribution in [1.82, 2.24) is 10.2 Å². The molecule has 1 atom stereocenters. The van der Waals surface area contributed by atoms with Gasteiger partial charge in [-0.1, -0.05) is 48.0 Å². The number of carbonyl (C=O) groups is 1. The molecular formula is C25H24ClFN2O. The fourth-order valence-corrected chi connectivity index (χ4v) is 4.18. The maximum Gasteiger partial charge on any atom is 0.251 e. The number of nitrogens with one attached hydrogen (secondary N) is 1. The zero-order chi connectivity index (χ0) is 20.9. The second-order valence-corrected chi connectivity index (χ2v) is 8.17. The van der Waals surface area contributed by atoms with E-state index in [1.54, 1.807) is 24.3 Å². The maximum absolute atomic E-state index is 13.1. The minimum atomic E-state index is -0.201. The van der Waals surface area contributed by atoms with Gasteiger partial charge in [0.25, 0.3) is 5.91 Å². The molecule has 0 aliphatic carbocycles. The lowest BCUT2D eigenvalue weighted by Gasteiger charge is -2.18. The molecule has 1 saturated heterocycles. The highest BCUT2D eigenvalue weighted by Gasteiger charge is 2.25. The molecule has 1 aliphatic rings. The SMILES string of the molecule is O=C(NCc1ccccc1C1CCN(Cc2ccc(F)cc2)C1)c1ccc(Cl)cc1. The average molecular weight is 423 g/mol. The summed E-state index contributed by atoms with van der Waals surface area (Å²) in [6, 6.07) is 21.9. The highest BCUT2D eigenvalue weighted by Crippen LogP contribution is 2.30. The summed E-state index contributed by atoms with van der Waals surface area (Å²) in [4.78, 5) is 14.9. The normalized spacial score (nSPS) is 16.5. The van der Waals surface area contributed by atoms with E-state index < -0.39 is 0 Å². The van der Waals surface area contributed by atoms with Crippen LogP contribution in [0.4, 0.5) is 4.39 Å². The Morgan fingerprint density at radius 1 is 1.03 bits per heavy atom. The third-order valence-electron chi connectivity index (χ3n) is 5.63. The third kappa shape index (κ3) is 5.07. The van der Waals surface area contributed by atoms with Crippen LogP contribution in [0.1, 0.15) is 39.4 Å². The number of rotatable bonds is 6. The van der Waals surface area contributed by atoms with Crippen LogP contribution < -0.4 is 5.32 Å². The Balaban J connectivity index is 1.39. The molecule has 1 fully saturated rings. The van der Waals surface area contributed by atoms with Crippen LogP contribution in [-0.2, 0) is 13.1 Å². The number of halogens is 2. The first kappa shape index (κ1) is 20.6. The van der Waals surface area contributed by atoms with E-state index in [0.29, 0.717) is 23.0 Å². The lowest BCUT2D eigenvalue weighted by Crippen LogP contribution is -2.24. The summed E-state index contributed by atoms with van der Waals surface area (Å²) < 4.78 is 13.1. The standard InChI is InChI=1S/C25H24ClFN2O/c26-22-9-7-19(8-10-22)25(30)28-15-20-3-1-2-4-24(20)21-13-14-29(17-21)16-18-5-11-23(27)12-6-18/h1-12,21H,13-17H2,(H,28,30). The topological polar surface area (TPSA) is 32.3 Å². The predicted octanol–water partition coefficient (Wildman–Crippen LogP) is 5.40. The van der Waals surface area contributed by atoms with Crippen LogP contribution in [0.5, 0.6) is 0 Å². The van der Waals surface area contributed by atoms with E-state index in [4.69, 9.17) is 11.6 Å². The molecule has 1 amide bonds.